The number of rotatable bonds is 4. The van der Waals surface area contributed by atoms with Gasteiger partial charge in [0.25, 0.3) is 11.5 Å². The van der Waals surface area contributed by atoms with Crippen molar-refractivity contribution in [3.8, 4) is 11.5 Å². The third kappa shape index (κ3) is 2.54. The van der Waals surface area contributed by atoms with Crippen molar-refractivity contribution in [2.24, 2.45) is 0 Å². The minimum atomic E-state index is -0.421. The Bertz CT molecular complexity index is 941. The number of hydrogen-bond acceptors (Lipinski definition) is 3. The highest BCUT2D eigenvalue weighted by atomic mass is 16.3. The van der Waals surface area contributed by atoms with Crippen LogP contribution in [0.5, 0.6) is 0 Å². The van der Waals surface area contributed by atoms with Crippen LogP contribution in [0.1, 0.15) is 27.4 Å². The zero-order valence-corrected chi connectivity index (χ0v) is 12.9. The largest absolute Gasteiger partial charge is 0.463 e. The summed E-state index contributed by atoms with van der Waals surface area (Å²) in [6.45, 7) is 0.537. The number of hydrogen-bond donors (Lipinski definition) is 2. The van der Waals surface area contributed by atoms with Crippen LogP contribution in [0.2, 0.25) is 0 Å². The quantitative estimate of drug-likeness (QED) is 0.776. The molecule has 4 rings (SSSR count). The van der Waals surface area contributed by atoms with Crippen LogP contribution in [0.25, 0.3) is 11.5 Å². The average Bonchev–Trinajstić information content (AvgIpc) is 3.10. The SMILES string of the molecule is O=C(NC[C@H]1Cc2ccccc21)c1ccc(-c2ccco2)[nH]c1=O. The Morgan fingerprint density at radius 1 is 1.17 bits per heavy atom. The van der Waals surface area contributed by atoms with Gasteiger partial charge in [-0.25, -0.2) is 0 Å². The van der Waals surface area contributed by atoms with E-state index in [1.165, 1.54) is 23.5 Å². The molecular weight excluding hydrogens is 304 g/mol. The fourth-order valence-electron chi connectivity index (χ4n) is 3.08. The smallest absolute Gasteiger partial charge is 0.261 e. The molecule has 0 bridgehead atoms. The highest BCUT2D eigenvalue weighted by molar-refractivity contribution is 5.94. The lowest BCUT2D eigenvalue weighted by Crippen LogP contribution is -2.35. The normalized spacial score (nSPS) is 15.4. The summed E-state index contributed by atoms with van der Waals surface area (Å²) in [7, 11) is 0. The molecule has 2 N–H and O–H groups in total. The Morgan fingerprint density at radius 3 is 2.79 bits per heavy atom. The molecule has 2 aromatic heterocycles. The first-order valence-corrected chi connectivity index (χ1v) is 7.85. The molecule has 3 aromatic rings. The number of amides is 1. The fourth-order valence-corrected chi connectivity index (χ4v) is 3.08. The van der Waals surface area contributed by atoms with E-state index in [4.69, 9.17) is 4.42 Å². The van der Waals surface area contributed by atoms with Crippen molar-refractivity contribution in [2.45, 2.75) is 12.3 Å². The van der Waals surface area contributed by atoms with Crippen molar-refractivity contribution in [3.05, 3.63) is 81.8 Å². The van der Waals surface area contributed by atoms with E-state index in [2.05, 4.69) is 22.4 Å². The lowest BCUT2D eigenvalue weighted by molar-refractivity contribution is 0.0948. The molecule has 0 aliphatic heterocycles. The van der Waals surface area contributed by atoms with Gasteiger partial charge in [-0.3, -0.25) is 9.59 Å². The molecule has 5 nitrogen and oxygen atoms in total. The van der Waals surface area contributed by atoms with E-state index in [1.54, 1.807) is 18.2 Å². The predicted octanol–water partition coefficient (Wildman–Crippen LogP) is 2.70. The molecule has 0 fully saturated rings. The van der Waals surface area contributed by atoms with Crippen molar-refractivity contribution in [2.75, 3.05) is 6.54 Å². The molecule has 120 valence electrons. The van der Waals surface area contributed by atoms with Gasteiger partial charge in [0.15, 0.2) is 0 Å². The fraction of sp³-hybridized carbons (Fsp3) is 0.158. The number of nitrogens with one attached hydrogen (secondary N) is 2. The van der Waals surface area contributed by atoms with Gasteiger partial charge in [-0.1, -0.05) is 24.3 Å². The van der Waals surface area contributed by atoms with Gasteiger partial charge in [0.1, 0.15) is 11.3 Å². The maximum Gasteiger partial charge on any atom is 0.261 e. The Labute approximate surface area is 138 Å². The number of pyridine rings is 1. The van der Waals surface area contributed by atoms with Gasteiger partial charge >= 0.3 is 0 Å². The molecule has 1 atom stereocenters. The molecule has 0 unspecified atom stereocenters. The van der Waals surface area contributed by atoms with Gasteiger partial charge in [-0.15, -0.1) is 0 Å². The number of H-pyrrole nitrogens is 1. The minimum Gasteiger partial charge on any atom is -0.463 e. The summed E-state index contributed by atoms with van der Waals surface area (Å²) in [4.78, 5) is 27.1. The van der Waals surface area contributed by atoms with Crippen molar-refractivity contribution in [1.29, 1.82) is 0 Å². The van der Waals surface area contributed by atoms with Crippen LogP contribution in [0.4, 0.5) is 0 Å². The average molecular weight is 320 g/mol. The second-order valence-electron chi connectivity index (χ2n) is 5.90. The number of fused-ring (bicyclic) bond motifs is 1. The number of aromatic nitrogens is 1. The molecule has 1 aromatic carbocycles. The van der Waals surface area contributed by atoms with Crippen LogP contribution in [0, 0.1) is 0 Å². The van der Waals surface area contributed by atoms with E-state index in [-0.39, 0.29) is 11.5 Å². The number of furan rings is 1. The van der Waals surface area contributed by atoms with Crippen LogP contribution in [0.15, 0.2) is 64.0 Å². The molecule has 1 aliphatic carbocycles. The topological polar surface area (TPSA) is 75.1 Å². The van der Waals surface area contributed by atoms with Crippen molar-refractivity contribution < 1.29 is 9.21 Å². The van der Waals surface area contributed by atoms with E-state index in [0.29, 0.717) is 23.9 Å². The molecule has 0 saturated carbocycles. The summed E-state index contributed by atoms with van der Waals surface area (Å²) in [6, 6.07) is 14.9. The molecule has 1 aliphatic rings. The Hall–Kier alpha value is -3.08. The lowest BCUT2D eigenvalue weighted by atomic mass is 9.77. The van der Waals surface area contributed by atoms with Crippen molar-refractivity contribution in [1.82, 2.24) is 10.3 Å². The van der Waals surface area contributed by atoms with Gasteiger partial charge in [-0.05, 0) is 41.8 Å². The summed E-state index contributed by atoms with van der Waals surface area (Å²) < 4.78 is 5.24. The first-order chi connectivity index (χ1) is 11.7. The summed E-state index contributed by atoms with van der Waals surface area (Å²) >= 11 is 0. The van der Waals surface area contributed by atoms with Crippen LogP contribution in [-0.2, 0) is 6.42 Å². The molecular formula is C19H16N2O3. The maximum absolute atomic E-state index is 12.3. The summed E-state index contributed by atoms with van der Waals surface area (Å²) in [6.07, 6.45) is 2.50. The molecule has 0 radical (unpaired) electrons. The van der Waals surface area contributed by atoms with Gasteiger partial charge in [-0.2, -0.15) is 0 Å². The van der Waals surface area contributed by atoms with Crippen LogP contribution >= 0.6 is 0 Å². The Balaban J connectivity index is 1.45. The Morgan fingerprint density at radius 2 is 2.04 bits per heavy atom. The zero-order chi connectivity index (χ0) is 16.5. The number of benzene rings is 1. The molecule has 24 heavy (non-hydrogen) atoms. The lowest BCUT2D eigenvalue weighted by Gasteiger charge is -2.30. The monoisotopic (exact) mass is 320 g/mol. The molecule has 0 saturated heterocycles. The maximum atomic E-state index is 12.3. The second-order valence-corrected chi connectivity index (χ2v) is 5.90. The summed E-state index contributed by atoms with van der Waals surface area (Å²) in [5.74, 6) is 0.531. The van der Waals surface area contributed by atoms with Crippen molar-refractivity contribution >= 4 is 5.91 Å². The molecule has 0 spiro atoms. The summed E-state index contributed by atoms with van der Waals surface area (Å²) in [5, 5.41) is 2.85. The second kappa shape index (κ2) is 5.85. The van der Waals surface area contributed by atoms with E-state index in [9.17, 15) is 9.59 Å². The van der Waals surface area contributed by atoms with Crippen LogP contribution in [-0.4, -0.2) is 17.4 Å². The van der Waals surface area contributed by atoms with Gasteiger partial charge in [0, 0.05) is 12.5 Å². The summed E-state index contributed by atoms with van der Waals surface area (Å²) in [5.41, 5.74) is 2.85. The number of aromatic amines is 1. The Kier molecular flexibility index (Phi) is 3.54. The van der Waals surface area contributed by atoms with Gasteiger partial charge in [0.2, 0.25) is 0 Å². The van der Waals surface area contributed by atoms with E-state index in [1.807, 2.05) is 12.1 Å². The van der Waals surface area contributed by atoms with E-state index < -0.39 is 5.56 Å². The third-order valence-electron chi connectivity index (χ3n) is 4.41. The zero-order valence-electron chi connectivity index (χ0n) is 12.9. The van der Waals surface area contributed by atoms with Gasteiger partial charge < -0.3 is 14.7 Å². The molecule has 1 amide bonds. The molecule has 2 heterocycles. The van der Waals surface area contributed by atoms with E-state index in [0.717, 1.165) is 6.42 Å². The standard InChI is InChI=1S/C19H16N2O3/c22-18(20-11-13-10-12-4-1-2-5-14(12)13)15-7-8-16(21-19(15)23)17-6-3-9-24-17/h1-9,13H,10-11H2,(H,20,22)(H,21,23)/t13-/m1/s1. The first kappa shape index (κ1) is 14.5. The third-order valence-corrected chi connectivity index (χ3v) is 4.41. The number of carbonyl (C=O) groups is 1. The highest BCUT2D eigenvalue weighted by Crippen LogP contribution is 2.33. The molecule has 5 heteroatoms. The van der Waals surface area contributed by atoms with Crippen LogP contribution in [0.3, 0.4) is 0 Å². The van der Waals surface area contributed by atoms with E-state index >= 15 is 0 Å². The number of carbonyl (C=O) groups excluding carboxylic acids is 1. The van der Waals surface area contributed by atoms with Crippen LogP contribution < -0.4 is 10.9 Å². The predicted molar refractivity (Wildman–Crippen MR) is 90.0 cm³/mol. The van der Waals surface area contributed by atoms with Gasteiger partial charge in [0.05, 0.1) is 12.0 Å². The minimum absolute atomic E-state index is 0.109. The highest BCUT2D eigenvalue weighted by Gasteiger charge is 2.26. The first-order valence-electron chi connectivity index (χ1n) is 7.85. The van der Waals surface area contributed by atoms with Crippen molar-refractivity contribution in [3.63, 3.8) is 0 Å².